The van der Waals surface area contributed by atoms with Gasteiger partial charge in [-0.05, 0) is 62.4 Å². The third-order valence-corrected chi connectivity index (χ3v) is 9.39. The van der Waals surface area contributed by atoms with E-state index in [0.29, 0.717) is 5.57 Å². The van der Waals surface area contributed by atoms with Crippen molar-refractivity contribution in [3.05, 3.63) is 59.7 Å². The van der Waals surface area contributed by atoms with Gasteiger partial charge in [0.15, 0.2) is 0 Å². The zero-order valence-corrected chi connectivity index (χ0v) is 25.2. The molecule has 3 aliphatic carbocycles. The third-order valence-electron chi connectivity index (χ3n) is 9.39. The number of benzene rings is 2. The van der Waals surface area contributed by atoms with Crippen LogP contribution in [-0.4, -0.2) is 48.1 Å². The van der Waals surface area contributed by atoms with Gasteiger partial charge < -0.3 is 14.2 Å². The molecule has 7 rings (SSSR count). The standard InChI is InChI=1S/C33H30N2O10/c1-6-43-32(42)25-15(2)22-23-26(30(40)34(28(23)38)18-7-11-20(12-8-18)44-16(3)36)33(25,5)27-24(22)29(39)35(31(27)41)19-9-13-21(14-10-19)45-17(4)37/h7-14,22-24,26-27H,6H2,1-5H3/t22?,23-,24-,26-,27+,33?/m1/s1. The topological polar surface area (TPSA) is 154 Å². The fourth-order valence-corrected chi connectivity index (χ4v) is 7.98. The average molecular weight is 615 g/mol. The number of amides is 4. The Balaban J connectivity index is 1.45. The van der Waals surface area contributed by atoms with E-state index < -0.39 is 76.5 Å². The van der Waals surface area contributed by atoms with Crippen LogP contribution in [0.2, 0.25) is 0 Å². The van der Waals surface area contributed by atoms with Crippen LogP contribution in [0.1, 0.15) is 34.6 Å². The molecule has 2 saturated heterocycles. The van der Waals surface area contributed by atoms with E-state index in [2.05, 4.69) is 0 Å². The Morgan fingerprint density at radius 2 is 1.09 bits per heavy atom. The lowest BCUT2D eigenvalue weighted by molar-refractivity contribution is -0.155. The van der Waals surface area contributed by atoms with Crippen LogP contribution in [0.3, 0.4) is 0 Å². The molecule has 2 aliphatic heterocycles. The molecule has 3 fully saturated rings. The van der Waals surface area contributed by atoms with Crippen molar-refractivity contribution >= 4 is 52.9 Å². The van der Waals surface area contributed by atoms with E-state index in [-0.39, 0.29) is 35.1 Å². The molecular weight excluding hydrogens is 584 g/mol. The maximum Gasteiger partial charge on any atom is 0.334 e. The highest BCUT2D eigenvalue weighted by atomic mass is 16.5. The van der Waals surface area contributed by atoms with E-state index >= 15 is 0 Å². The second kappa shape index (κ2) is 10.5. The van der Waals surface area contributed by atoms with Gasteiger partial charge in [0.05, 0.1) is 41.7 Å². The van der Waals surface area contributed by atoms with Gasteiger partial charge in [0.1, 0.15) is 11.5 Å². The fourth-order valence-electron chi connectivity index (χ4n) is 7.98. The monoisotopic (exact) mass is 614 g/mol. The van der Waals surface area contributed by atoms with Crippen LogP contribution >= 0.6 is 0 Å². The molecule has 0 spiro atoms. The molecule has 2 bridgehead atoms. The summed E-state index contributed by atoms with van der Waals surface area (Å²) in [5, 5.41) is 0. The van der Waals surface area contributed by atoms with Crippen LogP contribution in [0, 0.1) is 35.0 Å². The van der Waals surface area contributed by atoms with Gasteiger partial charge in [-0.1, -0.05) is 12.5 Å². The summed E-state index contributed by atoms with van der Waals surface area (Å²) >= 11 is 0. The van der Waals surface area contributed by atoms with Crippen molar-refractivity contribution in [1.29, 1.82) is 0 Å². The lowest BCUT2D eigenvalue weighted by atomic mass is 9.43. The molecule has 0 radical (unpaired) electrons. The predicted molar refractivity (Wildman–Crippen MR) is 155 cm³/mol. The van der Waals surface area contributed by atoms with Gasteiger partial charge in [-0.2, -0.15) is 0 Å². The van der Waals surface area contributed by atoms with Gasteiger partial charge in [0, 0.05) is 30.8 Å². The van der Waals surface area contributed by atoms with Crippen LogP contribution in [0.5, 0.6) is 11.5 Å². The van der Waals surface area contributed by atoms with Gasteiger partial charge in [-0.25, -0.2) is 4.79 Å². The lowest BCUT2D eigenvalue weighted by Crippen LogP contribution is -2.61. The first-order chi connectivity index (χ1) is 21.3. The molecule has 5 aliphatic rings. The van der Waals surface area contributed by atoms with Crippen molar-refractivity contribution in [2.24, 2.45) is 35.0 Å². The molecule has 2 aromatic carbocycles. The SMILES string of the molecule is CCOC(=O)C1=C(C)C2[C@H]3C(=O)N(c4ccc(OC(C)=O)cc4)C(=O)[C@H]3C1(C)[C@H]1C(=O)N(c3ccc(OC(C)=O)cc3)C(=O)[C@H]21. The van der Waals surface area contributed by atoms with Gasteiger partial charge in [0.25, 0.3) is 0 Å². The van der Waals surface area contributed by atoms with E-state index in [1.807, 2.05) is 0 Å². The summed E-state index contributed by atoms with van der Waals surface area (Å²) in [6.45, 7) is 7.43. The second-order valence-corrected chi connectivity index (χ2v) is 11.8. The number of anilines is 2. The fraction of sp³-hybridized carbons (Fsp3) is 0.364. The number of hydrogen-bond acceptors (Lipinski definition) is 10. The largest absolute Gasteiger partial charge is 0.463 e. The minimum absolute atomic E-state index is 0.0416. The Kier molecular flexibility index (Phi) is 6.98. The first-order valence-corrected chi connectivity index (χ1v) is 14.5. The second-order valence-electron chi connectivity index (χ2n) is 11.8. The van der Waals surface area contributed by atoms with E-state index in [1.165, 1.54) is 62.4 Å². The average Bonchev–Trinajstić information content (AvgIpc) is 3.39. The molecule has 2 aromatic rings. The Bertz CT molecular complexity index is 1620. The van der Waals surface area contributed by atoms with Crippen LogP contribution in [0.4, 0.5) is 11.4 Å². The van der Waals surface area contributed by atoms with E-state index in [9.17, 15) is 33.6 Å². The summed E-state index contributed by atoms with van der Waals surface area (Å²) in [5.74, 6) is -8.83. The van der Waals surface area contributed by atoms with E-state index in [4.69, 9.17) is 14.2 Å². The number of rotatable bonds is 6. The molecule has 232 valence electrons. The van der Waals surface area contributed by atoms with Gasteiger partial charge >= 0.3 is 17.9 Å². The molecule has 2 heterocycles. The summed E-state index contributed by atoms with van der Waals surface area (Å²) in [7, 11) is 0. The number of carbonyl (C=O) groups is 7. The third kappa shape index (κ3) is 4.22. The lowest BCUT2D eigenvalue weighted by Gasteiger charge is -2.55. The summed E-state index contributed by atoms with van der Waals surface area (Å²) in [4.78, 5) is 95.2. The van der Waals surface area contributed by atoms with Gasteiger partial charge in [-0.15, -0.1) is 0 Å². The minimum atomic E-state index is -1.56. The molecule has 1 saturated carbocycles. The maximum atomic E-state index is 14.3. The molecule has 2 unspecified atom stereocenters. The maximum absolute atomic E-state index is 14.3. The number of esters is 3. The Morgan fingerprint density at radius 1 is 0.689 bits per heavy atom. The molecule has 45 heavy (non-hydrogen) atoms. The Labute approximate surface area is 257 Å². The number of nitrogens with zero attached hydrogens (tertiary/aromatic N) is 2. The van der Waals surface area contributed by atoms with Gasteiger partial charge in [-0.3, -0.25) is 38.6 Å². The number of allylic oxidation sites excluding steroid dienone is 1. The number of hydrogen-bond donors (Lipinski definition) is 0. The molecule has 0 N–H and O–H groups in total. The van der Waals surface area contributed by atoms with Crippen molar-refractivity contribution in [3.63, 3.8) is 0 Å². The summed E-state index contributed by atoms with van der Waals surface area (Å²) in [5.41, 5.74) is -0.520. The number of imide groups is 2. The highest BCUT2D eigenvalue weighted by molar-refractivity contribution is 6.27. The minimum Gasteiger partial charge on any atom is -0.463 e. The summed E-state index contributed by atoms with van der Waals surface area (Å²) in [6.07, 6.45) is 0. The smallest absolute Gasteiger partial charge is 0.334 e. The Hall–Kier alpha value is -5.13. The summed E-state index contributed by atoms with van der Waals surface area (Å²) < 4.78 is 15.6. The van der Waals surface area contributed by atoms with Crippen molar-refractivity contribution in [2.75, 3.05) is 16.4 Å². The van der Waals surface area contributed by atoms with Crippen LogP contribution in [0.15, 0.2) is 59.7 Å². The zero-order chi connectivity index (χ0) is 32.5. The zero-order valence-electron chi connectivity index (χ0n) is 25.2. The highest BCUT2D eigenvalue weighted by Crippen LogP contribution is 2.68. The van der Waals surface area contributed by atoms with Crippen molar-refractivity contribution in [1.82, 2.24) is 0 Å². The molecule has 12 nitrogen and oxygen atoms in total. The van der Waals surface area contributed by atoms with Gasteiger partial charge in [0.2, 0.25) is 23.6 Å². The first kappa shape index (κ1) is 29.9. The number of ether oxygens (including phenoxy) is 3. The quantitative estimate of drug-likeness (QED) is 0.270. The van der Waals surface area contributed by atoms with Crippen molar-refractivity contribution in [3.8, 4) is 11.5 Å². The molecule has 6 atom stereocenters. The van der Waals surface area contributed by atoms with Crippen molar-refractivity contribution < 1.29 is 47.8 Å². The molecule has 4 amide bonds. The first-order valence-electron chi connectivity index (χ1n) is 14.5. The molecule has 12 heteroatoms. The van der Waals surface area contributed by atoms with E-state index in [0.717, 1.165) is 9.80 Å². The van der Waals surface area contributed by atoms with Crippen LogP contribution < -0.4 is 19.3 Å². The highest BCUT2D eigenvalue weighted by Gasteiger charge is 2.77. The summed E-state index contributed by atoms with van der Waals surface area (Å²) in [6, 6.07) is 11.7. The predicted octanol–water partition coefficient (Wildman–Crippen LogP) is 2.98. The normalized spacial score (nSPS) is 28.3. The Morgan fingerprint density at radius 3 is 1.44 bits per heavy atom. The van der Waals surface area contributed by atoms with E-state index in [1.54, 1.807) is 20.8 Å². The number of carbonyl (C=O) groups excluding carboxylic acids is 7. The molecule has 0 aromatic heterocycles. The molecular formula is C33H30N2O10. The van der Waals surface area contributed by atoms with Crippen LogP contribution in [-0.2, 0) is 38.3 Å². The van der Waals surface area contributed by atoms with Crippen molar-refractivity contribution in [2.45, 2.75) is 34.6 Å². The van der Waals surface area contributed by atoms with Crippen LogP contribution in [0.25, 0.3) is 0 Å².